The molecule has 0 bridgehead atoms. The Kier molecular flexibility index (Phi) is 5.15. The highest BCUT2D eigenvalue weighted by atomic mass is 35.5. The summed E-state index contributed by atoms with van der Waals surface area (Å²) in [6.07, 6.45) is -4.16. The molecule has 0 unspecified atom stereocenters. The van der Waals surface area contributed by atoms with Crippen LogP contribution >= 0.6 is 11.6 Å². The van der Waals surface area contributed by atoms with Gasteiger partial charge in [-0.05, 0) is 5.56 Å². The Morgan fingerprint density at radius 1 is 1.16 bits per heavy atom. The van der Waals surface area contributed by atoms with Crippen LogP contribution in [0.4, 0.5) is 0 Å². The van der Waals surface area contributed by atoms with Gasteiger partial charge in [0.25, 0.3) is 0 Å². The van der Waals surface area contributed by atoms with E-state index in [9.17, 15) is 10.2 Å². The SMILES string of the molecule is OC[C@H]1O[C@H](Cl)[C@H](OCc2ccccc2)[C@@H](O)[C@H]1O. The van der Waals surface area contributed by atoms with Crippen molar-refractivity contribution in [1.29, 1.82) is 0 Å². The minimum absolute atomic E-state index is 0.256. The van der Waals surface area contributed by atoms with Gasteiger partial charge in [0.2, 0.25) is 0 Å². The van der Waals surface area contributed by atoms with E-state index in [1.165, 1.54) is 0 Å². The molecule has 3 N–H and O–H groups in total. The molecule has 1 aliphatic rings. The summed E-state index contributed by atoms with van der Waals surface area (Å²) in [5, 5.41) is 28.7. The molecule has 106 valence electrons. The number of benzene rings is 1. The van der Waals surface area contributed by atoms with Gasteiger partial charge in [-0.15, -0.1) is 0 Å². The van der Waals surface area contributed by atoms with Crippen LogP contribution < -0.4 is 0 Å². The summed E-state index contributed by atoms with van der Waals surface area (Å²) in [5.74, 6) is 0. The summed E-state index contributed by atoms with van der Waals surface area (Å²) in [5.41, 5.74) is 0.0107. The lowest BCUT2D eigenvalue weighted by Gasteiger charge is -2.39. The second-order valence-electron chi connectivity index (χ2n) is 4.45. The zero-order valence-corrected chi connectivity index (χ0v) is 11.0. The average Bonchev–Trinajstić information content (AvgIpc) is 2.44. The van der Waals surface area contributed by atoms with Gasteiger partial charge >= 0.3 is 0 Å². The summed E-state index contributed by atoms with van der Waals surface area (Å²) in [7, 11) is 0. The number of hydrogen-bond donors (Lipinski definition) is 3. The van der Waals surface area contributed by atoms with Gasteiger partial charge in [-0.3, -0.25) is 0 Å². The van der Waals surface area contributed by atoms with Crippen LogP contribution in [-0.4, -0.2) is 51.9 Å². The number of ether oxygens (including phenoxy) is 2. The summed E-state index contributed by atoms with van der Waals surface area (Å²) >= 11 is 5.95. The van der Waals surface area contributed by atoms with Gasteiger partial charge in [0.05, 0.1) is 13.2 Å². The molecule has 0 spiro atoms. The van der Waals surface area contributed by atoms with Gasteiger partial charge < -0.3 is 24.8 Å². The molecule has 1 aromatic carbocycles. The first-order valence-corrected chi connectivity index (χ1v) is 6.49. The zero-order valence-electron chi connectivity index (χ0n) is 10.2. The second-order valence-corrected chi connectivity index (χ2v) is 4.88. The van der Waals surface area contributed by atoms with Crippen molar-refractivity contribution in [1.82, 2.24) is 0 Å². The fourth-order valence-corrected chi connectivity index (χ4v) is 2.34. The van der Waals surface area contributed by atoms with Crippen LogP contribution in [-0.2, 0) is 16.1 Å². The lowest BCUT2D eigenvalue weighted by atomic mass is 10.0. The van der Waals surface area contributed by atoms with E-state index in [1.807, 2.05) is 30.3 Å². The monoisotopic (exact) mass is 288 g/mol. The number of hydrogen-bond acceptors (Lipinski definition) is 5. The third kappa shape index (κ3) is 3.45. The Balaban J connectivity index is 1.96. The minimum atomic E-state index is -1.22. The van der Waals surface area contributed by atoms with E-state index in [2.05, 4.69) is 0 Å². The second kappa shape index (κ2) is 6.65. The lowest BCUT2D eigenvalue weighted by molar-refractivity contribution is -0.223. The summed E-state index contributed by atoms with van der Waals surface area (Å²) < 4.78 is 10.7. The molecule has 0 amide bonds. The fraction of sp³-hybridized carbons (Fsp3) is 0.538. The third-order valence-electron chi connectivity index (χ3n) is 3.10. The van der Waals surface area contributed by atoms with Crippen molar-refractivity contribution in [2.45, 2.75) is 36.6 Å². The van der Waals surface area contributed by atoms with Gasteiger partial charge in [-0.1, -0.05) is 41.9 Å². The van der Waals surface area contributed by atoms with Gasteiger partial charge in [-0.2, -0.15) is 0 Å². The van der Waals surface area contributed by atoms with Crippen molar-refractivity contribution >= 4 is 11.6 Å². The highest BCUT2D eigenvalue weighted by molar-refractivity contribution is 6.20. The number of rotatable bonds is 4. The Bertz CT molecular complexity index is 388. The predicted octanol–water partition coefficient (Wildman–Crippen LogP) is 0.250. The maximum Gasteiger partial charge on any atom is 0.160 e. The summed E-state index contributed by atoms with van der Waals surface area (Å²) in [6.45, 7) is -0.154. The van der Waals surface area contributed by atoms with E-state index < -0.39 is 36.6 Å². The minimum Gasteiger partial charge on any atom is -0.394 e. The van der Waals surface area contributed by atoms with Gasteiger partial charge in [0, 0.05) is 0 Å². The van der Waals surface area contributed by atoms with Crippen molar-refractivity contribution in [3.8, 4) is 0 Å². The van der Waals surface area contributed by atoms with Crippen LogP contribution in [0.1, 0.15) is 5.56 Å². The van der Waals surface area contributed by atoms with Crippen LogP contribution in [0.3, 0.4) is 0 Å². The molecular formula is C13H17ClO5. The number of aliphatic hydroxyl groups is 3. The third-order valence-corrected chi connectivity index (χ3v) is 3.45. The standard InChI is InChI=1S/C13H17ClO5/c14-13-12(11(17)10(16)9(6-15)19-13)18-7-8-4-2-1-3-5-8/h1-5,9-13,15-17H,6-7H2/t9-,10+,11+,12-,13+/m1/s1. The van der Waals surface area contributed by atoms with Crippen LogP contribution in [0.15, 0.2) is 30.3 Å². The van der Waals surface area contributed by atoms with Crippen molar-refractivity contribution in [3.05, 3.63) is 35.9 Å². The first kappa shape index (κ1) is 14.7. The molecule has 0 saturated carbocycles. The smallest absolute Gasteiger partial charge is 0.160 e. The van der Waals surface area contributed by atoms with E-state index in [4.69, 9.17) is 26.2 Å². The van der Waals surface area contributed by atoms with E-state index >= 15 is 0 Å². The zero-order chi connectivity index (χ0) is 13.8. The Hall–Kier alpha value is -0.690. The molecule has 19 heavy (non-hydrogen) atoms. The molecule has 5 atom stereocenters. The van der Waals surface area contributed by atoms with Crippen molar-refractivity contribution in [2.75, 3.05) is 6.61 Å². The Morgan fingerprint density at radius 2 is 1.84 bits per heavy atom. The molecule has 0 radical (unpaired) electrons. The number of alkyl halides is 1. The van der Waals surface area contributed by atoms with Crippen LogP contribution in [0.5, 0.6) is 0 Å². The molecule has 2 rings (SSSR count). The highest BCUT2D eigenvalue weighted by Gasteiger charge is 2.44. The van der Waals surface area contributed by atoms with E-state index in [0.29, 0.717) is 0 Å². The van der Waals surface area contributed by atoms with Crippen LogP contribution in [0.25, 0.3) is 0 Å². The van der Waals surface area contributed by atoms with E-state index in [0.717, 1.165) is 5.56 Å². The first-order valence-electron chi connectivity index (χ1n) is 6.05. The molecule has 1 aliphatic heterocycles. The number of aliphatic hydroxyl groups excluding tert-OH is 3. The van der Waals surface area contributed by atoms with Gasteiger partial charge in [0.15, 0.2) is 5.56 Å². The molecule has 0 aliphatic carbocycles. The normalized spacial score (nSPS) is 35.3. The summed E-state index contributed by atoms with van der Waals surface area (Å²) in [4.78, 5) is 0. The molecule has 0 aromatic heterocycles. The molecule has 6 heteroatoms. The topological polar surface area (TPSA) is 79.2 Å². The molecule has 1 heterocycles. The first-order chi connectivity index (χ1) is 9.13. The van der Waals surface area contributed by atoms with Crippen molar-refractivity contribution < 1.29 is 24.8 Å². The molecule has 1 saturated heterocycles. The highest BCUT2D eigenvalue weighted by Crippen LogP contribution is 2.26. The summed E-state index contributed by atoms with van der Waals surface area (Å²) in [6, 6.07) is 9.41. The van der Waals surface area contributed by atoms with Crippen molar-refractivity contribution in [3.63, 3.8) is 0 Å². The molecular weight excluding hydrogens is 272 g/mol. The van der Waals surface area contributed by atoms with Crippen LogP contribution in [0.2, 0.25) is 0 Å². The molecule has 1 aromatic rings. The number of halogens is 1. The largest absolute Gasteiger partial charge is 0.394 e. The van der Waals surface area contributed by atoms with Gasteiger partial charge in [0.1, 0.15) is 24.4 Å². The predicted molar refractivity (Wildman–Crippen MR) is 68.6 cm³/mol. The Morgan fingerprint density at radius 3 is 2.47 bits per heavy atom. The van der Waals surface area contributed by atoms with Crippen molar-refractivity contribution in [2.24, 2.45) is 0 Å². The van der Waals surface area contributed by atoms with Crippen LogP contribution in [0, 0.1) is 0 Å². The van der Waals surface area contributed by atoms with E-state index in [-0.39, 0.29) is 6.61 Å². The lowest BCUT2D eigenvalue weighted by Crippen LogP contribution is -2.57. The quantitative estimate of drug-likeness (QED) is 0.692. The van der Waals surface area contributed by atoms with E-state index in [1.54, 1.807) is 0 Å². The molecule has 1 fully saturated rings. The fourth-order valence-electron chi connectivity index (χ4n) is 1.99. The maximum atomic E-state index is 9.94. The molecule has 5 nitrogen and oxygen atoms in total. The average molecular weight is 289 g/mol. The maximum absolute atomic E-state index is 9.94. The Labute approximate surface area is 116 Å². The van der Waals surface area contributed by atoms with Gasteiger partial charge in [-0.25, -0.2) is 0 Å².